The second-order valence-corrected chi connectivity index (χ2v) is 5.12. The second-order valence-electron chi connectivity index (χ2n) is 5.12. The van der Waals surface area contributed by atoms with Crippen molar-refractivity contribution in [2.24, 2.45) is 0 Å². The molecule has 2 N–H and O–H groups in total. The van der Waals surface area contributed by atoms with Gasteiger partial charge in [-0.05, 0) is 28.5 Å². The number of carbonyl (C=O) groups is 1. The van der Waals surface area contributed by atoms with Gasteiger partial charge in [-0.2, -0.15) is 0 Å². The van der Waals surface area contributed by atoms with Gasteiger partial charge in [0.1, 0.15) is 6.04 Å². The fraction of sp³-hybridized carbons (Fsp3) is 0.500. The highest BCUT2D eigenvalue weighted by Gasteiger charge is 2.29. The van der Waals surface area contributed by atoms with Crippen LogP contribution in [0.5, 0.6) is 0 Å². The van der Waals surface area contributed by atoms with Crippen molar-refractivity contribution in [3.05, 3.63) is 34.9 Å². The molecule has 1 heterocycles. The summed E-state index contributed by atoms with van der Waals surface area (Å²) in [6, 6.07) is 5.69. The molecule has 3 nitrogen and oxygen atoms in total. The first-order valence-electron chi connectivity index (χ1n) is 6.10. The van der Waals surface area contributed by atoms with Crippen LogP contribution in [-0.2, 0) is 4.79 Å². The van der Waals surface area contributed by atoms with Crippen LogP contribution in [-0.4, -0.2) is 17.6 Å². The SMILES string of the molecule is CC(C)c1ccc2c(c1)C(C(=O)O)NCC2C. The van der Waals surface area contributed by atoms with Gasteiger partial charge >= 0.3 is 5.97 Å². The molecule has 0 aromatic heterocycles. The Balaban J connectivity index is 2.50. The summed E-state index contributed by atoms with van der Waals surface area (Å²) in [5.74, 6) is 0.00726. The lowest BCUT2D eigenvalue weighted by Crippen LogP contribution is -2.36. The van der Waals surface area contributed by atoms with Crippen LogP contribution in [0.25, 0.3) is 0 Å². The summed E-state index contributed by atoms with van der Waals surface area (Å²) in [6.45, 7) is 7.10. The molecule has 0 amide bonds. The molecule has 2 atom stereocenters. The Kier molecular flexibility index (Phi) is 3.20. The van der Waals surface area contributed by atoms with Crippen molar-refractivity contribution in [1.82, 2.24) is 5.32 Å². The zero-order chi connectivity index (χ0) is 12.6. The summed E-state index contributed by atoms with van der Waals surface area (Å²) in [5.41, 5.74) is 3.30. The molecule has 0 saturated carbocycles. The van der Waals surface area contributed by atoms with Crippen molar-refractivity contribution in [2.45, 2.75) is 38.6 Å². The Hall–Kier alpha value is -1.35. The summed E-state index contributed by atoms with van der Waals surface area (Å²) >= 11 is 0. The third-order valence-electron chi connectivity index (χ3n) is 3.49. The lowest BCUT2D eigenvalue weighted by Gasteiger charge is -2.29. The highest BCUT2D eigenvalue weighted by atomic mass is 16.4. The zero-order valence-corrected chi connectivity index (χ0v) is 10.5. The predicted molar refractivity (Wildman–Crippen MR) is 67.3 cm³/mol. The van der Waals surface area contributed by atoms with E-state index in [9.17, 15) is 9.90 Å². The maximum Gasteiger partial charge on any atom is 0.325 e. The minimum Gasteiger partial charge on any atom is -0.480 e. The fourth-order valence-electron chi connectivity index (χ4n) is 2.39. The lowest BCUT2D eigenvalue weighted by molar-refractivity contribution is -0.139. The predicted octanol–water partition coefficient (Wildman–Crippen LogP) is 2.64. The minimum atomic E-state index is -0.793. The first kappa shape index (κ1) is 12.1. The van der Waals surface area contributed by atoms with Crippen molar-refractivity contribution in [3.63, 3.8) is 0 Å². The molecule has 1 aromatic rings. The molecule has 2 rings (SSSR count). The molecule has 2 unspecified atom stereocenters. The highest BCUT2D eigenvalue weighted by molar-refractivity contribution is 5.77. The van der Waals surface area contributed by atoms with Gasteiger partial charge in [0.25, 0.3) is 0 Å². The topological polar surface area (TPSA) is 49.3 Å². The van der Waals surface area contributed by atoms with Gasteiger partial charge in [-0.15, -0.1) is 0 Å². The number of carboxylic acid groups (broad SMARTS) is 1. The molecule has 0 radical (unpaired) electrons. The van der Waals surface area contributed by atoms with Gasteiger partial charge in [0.05, 0.1) is 0 Å². The van der Waals surface area contributed by atoms with E-state index in [4.69, 9.17) is 0 Å². The number of carboxylic acids is 1. The smallest absolute Gasteiger partial charge is 0.325 e. The van der Waals surface area contributed by atoms with E-state index < -0.39 is 12.0 Å². The maximum absolute atomic E-state index is 11.2. The van der Waals surface area contributed by atoms with Crippen LogP contribution >= 0.6 is 0 Å². The van der Waals surface area contributed by atoms with Crippen molar-refractivity contribution in [3.8, 4) is 0 Å². The molecule has 0 aliphatic carbocycles. The van der Waals surface area contributed by atoms with Gasteiger partial charge in [0.15, 0.2) is 0 Å². The summed E-state index contributed by atoms with van der Waals surface area (Å²) in [6.07, 6.45) is 0. The molecule has 3 heteroatoms. The van der Waals surface area contributed by atoms with E-state index >= 15 is 0 Å². The third-order valence-corrected chi connectivity index (χ3v) is 3.49. The number of benzene rings is 1. The minimum absolute atomic E-state index is 0.377. The van der Waals surface area contributed by atoms with Crippen LogP contribution in [0, 0.1) is 0 Å². The lowest BCUT2D eigenvalue weighted by atomic mass is 9.85. The van der Waals surface area contributed by atoms with Crippen LogP contribution in [0.2, 0.25) is 0 Å². The van der Waals surface area contributed by atoms with E-state index in [0.717, 1.165) is 12.1 Å². The summed E-state index contributed by atoms with van der Waals surface area (Å²) in [4.78, 5) is 11.2. The van der Waals surface area contributed by atoms with E-state index in [1.165, 1.54) is 11.1 Å². The molecule has 0 saturated heterocycles. The van der Waals surface area contributed by atoms with E-state index in [1.807, 2.05) is 6.07 Å². The molecular formula is C14H19NO2. The van der Waals surface area contributed by atoms with Crippen LogP contribution in [0.4, 0.5) is 0 Å². The molecule has 0 fully saturated rings. The van der Waals surface area contributed by atoms with E-state index in [1.54, 1.807) is 0 Å². The summed E-state index contributed by atoms with van der Waals surface area (Å²) in [5, 5.41) is 12.3. The Morgan fingerprint density at radius 2 is 2.12 bits per heavy atom. The highest BCUT2D eigenvalue weighted by Crippen LogP contribution is 2.32. The maximum atomic E-state index is 11.2. The average molecular weight is 233 g/mol. The number of hydrogen-bond donors (Lipinski definition) is 2. The van der Waals surface area contributed by atoms with Gasteiger partial charge < -0.3 is 10.4 Å². The van der Waals surface area contributed by atoms with Crippen LogP contribution in [0.15, 0.2) is 18.2 Å². The van der Waals surface area contributed by atoms with Crippen molar-refractivity contribution >= 4 is 5.97 Å². The molecular weight excluding hydrogens is 214 g/mol. The summed E-state index contributed by atoms with van der Waals surface area (Å²) in [7, 11) is 0. The molecule has 17 heavy (non-hydrogen) atoms. The van der Waals surface area contributed by atoms with Gasteiger partial charge in [0.2, 0.25) is 0 Å². The Morgan fingerprint density at radius 1 is 1.41 bits per heavy atom. The Bertz CT molecular complexity index is 440. The number of aliphatic carboxylic acids is 1. The standard InChI is InChI=1S/C14H19NO2/c1-8(2)10-4-5-11-9(3)7-15-13(14(16)17)12(11)6-10/h4-6,8-9,13,15H,7H2,1-3H3,(H,16,17). The molecule has 92 valence electrons. The largest absolute Gasteiger partial charge is 0.480 e. The average Bonchev–Trinajstić information content (AvgIpc) is 2.28. The van der Waals surface area contributed by atoms with E-state index in [-0.39, 0.29) is 0 Å². The first-order chi connectivity index (χ1) is 8.00. The van der Waals surface area contributed by atoms with Gasteiger partial charge in [-0.25, -0.2) is 0 Å². The molecule has 1 aromatic carbocycles. The quantitative estimate of drug-likeness (QED) is 0.825. The number of fused-ring (bicyclic) bond motifs is 1. The van der Waals surface area contributed by atoms with E-state index in [2.05, 4.69) is 38.2 Å². The van der Waals surface area contributed by atoms with Crippen molar-refractivity contribution < 1.29 is 9.90 Å². The fourth-order valence-corrected chi connectivity index (χ4v) is 2.39. The van der Waals surface area contributed by atoms with Crippen LogP contribution < -0.4 is 5.32 Å². The monoisotopic (exact) mass is 233 g/mol. The summed E-state index contributed by atoms with van der Waals surface area (Å²) < 4.78 is 0. The number of nitrogens with one attached hydrogen (secondary N) is 1. The molecule has 0 spiro atoms. The Labute approximate surface area is 102 Å². The van der Waals surface area contributed by atoms with Gasteiger partial charge in [0, 0.05) is 6.54 Å². The second kappa shape index (κ2) is 4.49. The van der Waals surface area contributed by atoms with Crippen LogP contribution in [0.3, 0.4) is 0 Å². The van der Waals surface area contributed by atoms with Gasteiger partial charge in [-0.3, -0.25) is 4.79 Å². The van der Waals surface area contributed by atoms with Crippen molar-refractivity contribution in [1.29, 1.82) is 0 Å². The number of rotatable bonds is 2. The third kappa shape index (κ3) is 2.20. The zero-order valence-electron chi connectivity index (χ0n) is 10.5. The molecule has 0 bridgehead atoms. The molecule has 1 aliphatic heterocycles. The molecule has 1 aliphatic rings. The van der Waals surface area contributed by atoms with E-state index in [0.29, 0.717) is 11.8 Å². The van der Waals surface area contributed by atoms with Crippen molar-refractivity contribution in [2.75, 3.05) is 6.54 Å². The number of hydrogen-bond acceptors (Lipinski definition) is 2. The van der Waals surface area contributed by atoms with Crippen LogP contribution in [0.1, 0.15) is 55.3 Å². The van der Waals surface area contributed by atoms with Gasteiger partial charge in [-0.1, -0.05) is 39.0 Å². The first-order valence-corrected chi connectivity index (χ1v) is 6.10. The normalized spacial score (nSPS) is 23.5. The Morgan fingerprint density at radius 3 is 2.71 bits per heavy atom.